The zero-order valence-corrected chi connectivity index (χ0v) is 9.37. The molecule has 0 radical (unpaired) electrons. The van der Waals surface area contributed by atoms with Gasteiger partial charge in [-0.05, 0) is 12.1 Å². The molecule has 0 aliphatic carbocycles. The highest BCUT2D eigenvalue weighted by atomic mass is 35.5. The fourth-order valence-corrected chi connectivity index (χ4v) is 1.58. The minimum absolute atomic E-state index is 0.332. The van der Waals surface area contributed by atoms with Gasteiger partial charge in [-0.1, -0.05) is 11.6 Å². The second kappa shape index (κ2) is 4.18. The average Bonchev–Trinajstić information content (AvgIpc) is 2.68. The maximum Gasteiger partial charge on any atom is 0.262 e. The number of hydrogen-bond acceptors (Lipinski definition) is 4. The summed E-state index contributed by atoms with van der Waals surface area (Å²) in [6.45, 7) is 0. The monoisotopic (exact) mass is 242 g/mol. The van der Waals surface area contributed by atoms with Crippen LogP contribution in [0.2, 0.25) is 5.15 Å². The lowest BCUT2D eigenvalue weighted by molar-refractivity contribution is 0.598. The predicted octanol–water partition coefficient (Wildman–Crippen LogP) is 1.05. The quantitative estimate of drug-likeness (QED) is 0.739. The molecule has 7 heteroatoms. The predicted molar refractivity (Wildman–Crippen MR) is 56.5 cm³/mol. The van der Waals surface area contributed by atoms with Gasteiger partial charge in [0, 0.05) is 11.2 Å². The van der Waals surface area contributed by atoms with Crippen LogP contribution in [-0.4, -0.2) is 30.6 Å². The van der Waals surface area contributed by atoms with E-state index in [4.69, 9.17) is 11.6 Å². The molecule has 78 valence electrons. The molecule has 2 rings (SSSR count). The first-order valence-electron chi connectivity index (χ1n) is 4.04. The van der Waals surface area contributed by atoms with E-state index in [1.54, 1.807) is 29.2 Å². The Balaban J connectivity index is 2.33. The van der Waals surface area contributed by atoms with Crippen molar-refractivity contribution in [3.63, 3.8) is 0 Å². The first-order valence-corrected chi connectivity index (χ1v) is 5.97. The molecular formula is C8H7ClN4OS. The molecule has 0 saturated carbocycles. The van der Waals surface area contributed by atoms with E-state index in [1.807, 2.05) is 0 Å². The van der Waals surface area contributed by atoms with Gasteiger partial charge in [0.15, 0.2) is 11.0 Å². The van der Waals surface area contributed by atoms with E-state index in [9.17, 15) is 4.55 Å². The van der Waals surface area contributed by atoms with Crippen LogP contribution in [0, 0.1) is 0 Å². The van der Waals surface area contributed by atoms with Crippen LogP contribution in [0.15, 0.2) is 29.7 Å². The number of imidazole rings is 1. The van der Waals surface area contributed by atoms with Crippen molar-refractivity contribution in [3.05, 3.63) is 29.8 Å². The van der Waals surface area contributed by atoms with Gasteiger partial charge in [0.25, 0.3) is 5.03 Å². The molecule has 0 amide bonds. The van der Waals surface area contributed by atoms with Crippen molar-refractivity contribution in [1.29, 1.82) is 0 Å². The lowest BCUT2D eigenvalue weighted by atomic mass is 10.5. The molecule has 0 aliphatic heterocycles. The third-order valence-corrected chi connectivity index (χ3v) is 2.74. The van der Waals surface area contributed by atoms with E-state index < -0.39 is 11.2 Å². The largest absolute Gasteiger partial charge is 0.610 e. The highest BCUT2D eigenvalue weighted by molar-refractivity contribution is 7.90. The number of aromatic nitrogens is 4. The minimum atomic E-state index is -1.09. The van der Waals surface area contributed by atoms with Gasteiger partial charge in [-0.3, -0.25) is 4.57 Å². The smallest absolute Gasteiger partial charge is 0.262 e. The Hall–Kier alpha value is -1.11. The van der Waals surface area contributed by atoms with Gasteiger partial charge in [-0.2, -0.15) is 4.98 Å². The summed E-state index contributed by atoms with van der Waals surface area (Å²) in [4.78, 5) is 3.98. The molecule has 5 nitrogen and oxygen atoms in total. The van der Waals surface area contributed by atoms with Gasteiger partial charge < -0.3 is 4.55 Å². The second-order valence-electron chi connectivity index (χ2n) is 2.79. The number of hydrogen-bond donors (Lipinski definition) is 0. The molecule has 0 bridgehead atoms. The van der Waals surface area contributed by atoms with Gasteiger partial charge in [-0.15, -0.1) is 10.2 Å². The number of rotatable bonds is 2. The molecule has 0 saturated heterocycles. The number of nitrogens with zero attached hydrogens (tertiary/aromatic N) is 4. The van der Waals surface area contributed by atoms with Gasteiger partial charge in [-0.25, -0.2) is 0 Å². The molecule has 2 aromatic rings. The van der Waals surface area contributed by atoms with Crippen molar-refractivity contribution >= 4 is 22.8 Å². The van der Waals surface area contributed by atoms with E-state index in [0.29, 0.717) is 16.0 Å². The van der Waals surface area contributed by atoms with Crippen molar-refractivity contribution in [2.24, 2.45) is 0 Å². The Bertz CT molecular complexity index is 456. The number of halogens is 1. The molecular weight excluding hydrogens is 236 g/mol. The third-order valence-electron chi connectivity index (χ3n) is 1.74. The summed E-state index contributed by atoms with van der Waals surface area (Å²) < 4.78 is 12.8. The summed E-state index contributed by atoms with van der Waals surface area (Å²) in [5.41, 5.74) is 0. The zero-order chi connectivity index (χ0) is 10.8. The minimum Gasteiger partial charge on any atom is -0.610 e. The summed E-state index contributed by atoms with van der Waals surface area (Å²) in [6, 6.07) is 3.34. The fraction of sp³-hybridized carbons (Fsp3) is 0.125. The second-order valence-corrected chi connectivity index (χ2v) is 4.50. The summed E-state index contributed by atoms with van der Waals surface area (Å²) in [5, 5.41) is 8.40. The Morgan fingerprint density at radius 3 is 2.73 bits per heavy atom. The van der Waals surface area contributed by atoms with Crippen molar-refractivity contribution in [2.75, 3.05) is 6.26 Å². The average molecular weight is 243 g/mol. The zero-order valence-electron chi connectivity index (χ0n) is 7.79. The van der Waals surface area contributed by atoms with Crippen LogP contribution in [0.5, 0.6) is 0 Å². The van der Waals surface area contributed by atoms with E-state index in [2.05, 4.69) is 15.2 Å². The van der Waals surface area contributed by atoms with Gasteiger partial charge >= 0.3 is 0 Å². The van der Waals surface area contributed by atoms with Crippen molar-refractivity contribution in [1.82, 2.24) is 19.7 Å². The molecule has 0 N–H and O–H groups in total. The molecule has 1 atom stereocenters. The van der Waals surface area contributed by atoms with Crippen molar-refractivity contribution < 1.29 is 4.55 Å². The van der Waals surface area contributed by atoms with Crippen molar-refractivity contribution in [2.45, 2.75) is 5.03 Å². The lowest BCUT2D eigenvalue weighted by Gasteiger charge is -1.99. The Labute approximate surface area is 94.3 Å². The molecule has 2 aromatic heterocycles. The molecule has 0 aromatic carbocycles. The molecule has 15 heavy (non-hydrogen) atoms. The van der Waals surface area contributed by atoms with Crippen LogP contribution in [0.4, 0.5) is 0 Å². The third kappa shape index (κ3) is 2.28. The molecule has 0 fully saturated rings. The van der Waals surface area contributed by atoms with Crippen LogP contribution in [0.3, 0.4) is 0 Å². The van der Waals surface area contributed by atoms with Gasteiger partial charge in [0.2, 0.25) is 0 Å². The van der Waals surface area contributed by atoms with Crippen LogP contribution in [-0.2, 0) is 11.2 Å². The van der Waals surface area contributed by atoms with E-state index in [-0.39, 0.29) is 0 Å². The van der Waals surface area contributed by atoms with Crippen LogP contribution in [0.25, 0.3) is 5.82 Å². The normalized spacial score (nSPS) is 12.7. The van der Waals surface area contributed by atoms with E-state index in [1.165, 1.54) is 6.33 Å². The standard InChI is InChI=1S/C8H7ClN4OS/c1-15(14)8-4-13(5-10-8)7-3-2-6(9)11-12-7/h2-5H,1H3. The summed E-state index contributed by atoms with van der Waals surface area (Å²) in [7, 11) is 0. The van der Waals surface area contributed by atoms with E-state index >= 15 is 0 Å². The first-order chi connectivity index (χ1) is 7.16. The van der Waals surface area contributed by atoms with Gasteiger partial charge in [0.1, 0.15) is 12.6 Å². The van der Waals surface area contributed by atoms with Crippen LogP contribution in [0.1, 0.15) is 0 Å². The fourth-order valence-electron chi connectivity index (χ4n) is 1.03. The Morgan fingerprint density at radius 2 is 2.20 bits per heavy atom. The van der Waals surface area contributed by atoms with Crippen LogP contribution >= 0.6 is 11.6 Å². The SMILES string of the molecule is C[S+]([O-])c1cn(-c2ccc(Cl)nn2)cn1. The summed E-state index contributed by atoms with van der Waals surface area (Å²) in [6.07, 6.45) is 4.75. The molecule has 2 heterocycles. The van der Waals surface area contributed by atoms with Crippen LogP contribution < -0.4 is 0 Å². The lowest BCUT2D eigenvalue weighted by Crippen LogP contribution is -1.98. The molecule has 0 spiro atoms. The maximum atomic E-state index is 11.1. The molecule has 1 unspecified atom stereocenters. The molecule has 0 aliphatic rings. The topological polar surface area (TPSA) is 66.7 Å². The highest BCUT2D eigenvalue weighted by Gasteiger charge is 2.09. The Morgan fingerprint density at radius 1 is 1.40 bits per heavy atom. The van der Waals surface area contributed by atoms with E-state index in [0.717, 1.165) is 0 Å². The maximum absolute atomic E-state index is 11.1. The first kappa shape index (κ1) is 10.4. The summed E-state index contributed by atoms with van der Waals surface area (Å²) in [5.74, 6) is 0.587. The van der Waals surface area contributed by atoms with Crippen molar-refractivity contribution in [3.8, 4) is 5.82 Å². The highest BCUT2D eigenvalue weighted by Crippen LogP contribution is 2.10. The Kier molecular flexibility index (Phi) is 2.90. The summed E-state index contributed by atoms with van der Waals surface area (Å²) >= 11 is 4.52. The van der Waals surface area contributed by atoms with Gasteiger partial charge in [0.05, 0.1) is 6.20 Å².